The number of rotatable bonds is 5. The van der Waals surface area contributed by atoms with Gasteiger partial charge in [0.2, 0.25) is 0 Å². The zero-order valence-corrected chi connectivity index (χ0v) is 17.0. The zero-order valence-electron chi connectivity index (χ0n) is 17.0. The van der Waals surface area contributed by atoms with Crippen LogP contribution in [0.2, 0.25) is 0 Å². The standard InChI is InChI=1S/C20H21F5N6O/c1-30-9-13(17(29-30)18(21)22)19(32)27-12-7-5-11(6-8-12)26-15-3-2-4-16-28-14(10-31(15)16)20(23,24)25/h2-4,9-12,18,26H,5-8H2,1H3,(H,27,32)/t11-,12+. The van der Waals surface area contributed by atoms with E-state index >= 15 is 0 Å². The Morgan fingerprint density at radius 1 is 1.12 bits per heavy atom. The van der Waals surface area contributed by atoms with Crippen LogP contribution in [-0.2, 0) is 13.2 Å². The number of aromatic nitrogens is 4. The van der Waals surface area contributed by atoms with Crippen LogP contribution in [0.3, 0.4) is 0 Å². The van der Waals surface area contributed by atoms with Crippen molar-refractivity contribution in [1.82, 2.24) is 24.5 Å². The lowest BCUT2D eigenvalue weighted by molar-refractivity contribution is -0.140. The molecule has 1 fully saturated rings. The summed E-state index contributed by atoms with van der Waals surface area (Å²) in [7, 11) is 1.47. The first-order valence-corrected chi connectivity index (χ1v) is 10.1. The number of alkyl halides is 5. The van der Waals surface area contributed by atoms with Crippen LogP contribution < -0.4 is 10.6 Å². The van der Waals surface area contributed by atoms with E-state index in [0.717, 1.165) is 6.20 Å². The second-order valence-corrected chi connectivity index (χ2v) is 7.83. The summed E-state index contributed by atoms with van der Waals surface area (Å²) >= 11 is 0. The summed E-state index contributed by atoms with van der Waals surface area (Å²) in [6.45, 7) is 0. The van der Waals surface area contributed by atoms with E-state index in [2.05, 4.69) is 20.7 Å². The highest BCUT2D eigenvalue weighted by atomic mass is 19.4. The number of amides is 1. The maximum atomic E-state index is 13.1. The van der Waals surface area contributed by atoms with E-state index < -0.39 is 29.9 Å². The van der Waals surface area contributed by atoms with E-state index in [0.29, 0.717) is 31.5 Å². The molecule has 4 rings (SSSR count). The number of hydrogen-bond acceptors (Lipinski definition) is 4. The van der Waals surface area contributed by atoms with E-state index in [1.165, 1.54) is 28.4 Å². The summed E-state index contributed by atoms with van der Waals surface area (Å²) in [6.07, 6.45) is -2.65. The van der Waals surface area contributed by atoms with E-state index in [4.69, 9.17) is 0 Å². The first-order chi connectivity index (χ1) is 15.1. The largest absolute Gasteiger partial charge is 0.434 e. The van der Waals surface area contributed by atoms with Crippen LogP contribution in [0.25, 0.3) is 5.65 Å². The molecule has 1 aliphatic carbocycles. The predicted molar refractivity (Wildman–Crippen MR) is 105 cm³/mol. The lowest BCUT2D eigenvalue weighted by Gasteiger charge is -2.30. The normalized spacial score (nSPS) is 19.5. The van der Waals surface area contributed by atoms with Gasteiger partial charge in [-0.2, -0.15) is 18.3 Å². The maximum Gasteiger partial charge on any atom is 0.434 e. The Hall–Kier alpha value is -3.18. The number of anilines is 1. The lowest BCUT2D eigenvalue weighted by Crippen LogP contribution is -2.40. The number of halogens is 5. The van der Waals surface area contributed by atoms with Crippen LogP contribution >= 0.6 is 0 Å². The third-order valence-electron chi connectivity index (χ3n) is 5.51. The number of carbonyl (C=O) groups is 1. The summed E-state index contributed by atoms with van der Waals surface area (Å²) in [5, 5.41) is 9.68. The molecule has 3 heterocycles. The summed E-state index contributed by atoms with van der Waals surface area (Å²) in [6, 6.07) is 4.61. The Labute approximate surface area is 179 Å². The van der Waals surface area contributed by atoms with Crippen LogP contribution in [0.5, 0.6) is 0 Å². The Morgan fingerprint density at radius 2 is 1.81 bits per heavy atom. The van der Waals surface area contributed by atoms with Gasteiger partial charge in [0, 0.05) is 31.5 Å². The van der Waals surface area contributed by atoms with Crippen LogP contribution in [0.1, 0.15) is 53.9 Å². The summed E-state index contributed by atoms with van der Waals surface area (Å²) in [4.78, 5) is 16.1. The third-order valence-corrected chi connectivity index (χ3v) is 5.51. The molecule has 0 aromatic carbocycles. The second kappa shape index (κ2) is 8.40. The fourth-order valence-electron chi connectivity index (χ4n) is 3.96. The van der Waals surface area contributed by atoms with Crippen LogP contribution in [0.4, 0.5) is 27.8 Å². The second-order valence-electron chi connectivity index (χ2n) is 7.83. The van der Waals surface area contributed by atoms with Gasteiger partial charge in [-0.1, -0.05) is 6.07 Å². The van der Waals surface area contributed by atoms with Crippen molar-refractivity contribution >= 4 is 17.4 Å². The zero-order chi connectivity index (χ0) is 23.0. The topological polar surface area (TPSA) is 76.2 Å². The monoisotopic (exact) mass is 456 g/mol. The van der Waals surface area contributed by atoms with Crippen molar-refractivity contribution in [3.63, 3.8) is 0 Å². The minimum Gasteiger partial charge on any atom is -0.368 e. The highest BCUT2D eigenvalue weighted by Gasteiger charge is 2.34. The molecule has 0 saturated heterocycles. The predicted octanol–water partition coefficient (Wildman–Crippen LogP) is 4.18. The van der Waals surface area contributed by atoms with Crippen molar-refractivity contribution in [2.45, 2.75) is 50.4 Å². The Kier molecular flexibility index (Phi) is 5.78. The molecule has 0 atom stereocenters. The quantitative estimate of drug-likeness (QED) is 0.565. The highest BCUT2D eigenvalue weighted by Crippen LogP contribution is 2.30. The van der Waals surface area contributed by atoms with Crippen molar-refractivity contribution in [3.05, 3.63) is 47.5 Å². The van der Waals surface area contributed by atoms with Gasteiger partial charge in [-0.05, 0) is 37.8 Å². The summed E-state index contributed by atoms with van der Waals surface area (Å²) < 4.78 is 67.6. The molecule has 7 nitrogen and oxygen atoms in total. The molecule has 1 saturated carbocycles. The minimum atomic E-state index is -4.53. The first kappa shape index (κ1) is 22.0. The molecule has 0 unspecified atom stereocenters. The SMILES string of the molecule is Cn1cc(C(=O)N[C@H]2CC[C@@H](Nc3cccc4nc(C(F)(F)F)cn34)CC2)c(C(F)F)n1. The van der Waals surface area contributed by atoms with Crippen LogP contribution in [0.15, 0.2) is 30.6 Å². The molecule has 172 valence electrons. The van der Waals surface area contributed by atoms with Crippen molar-refractivity contribution in [2.75, 3.05) is 5.32 Å². The van der Waals surface area contributed by atoms with Crippen molar-refractivity contribution < 1.29 is 26.7 Å². The summed E-state index contributed by atoms with van der Waals surface area (Å²) in [5.74, 6) is -0.0948. The number of hydrogen-bond donors (Lipinski definition) is 2. The molecule has 0 bridgehead atoms. The first-order valence-electron chi connectivity index (χ1n) is 10.1. The van der Waals surface area contributed by atoms with Gasteiger partial charge < -0.3 is 10.6 Å². The number of nitrogens with one attached hydrogen (secondary N) is 2. The Bertz CT molecular complexity index is 1110. The number of carbonyl (C=O) groups excluding carboxylic acids is 1. The summed E-state index contributed by atoms with van der Waals surface area (Å²) in [5.41, 5.74) is -1.46. The molecule has 1 aliphatic rings. The van der Waals surface area contributed by atoms with Gasteiger partial charge in [0.05, 0.1) is 5.56 Å². The molecule has 12 heteroatoms. The number of nitrogens with zero attached hydrogens (tertiary/aromatic N) is 4. The molecular formula is C20H21F5N6O. The van der Waals surface area contributed by atoms with E-state index in [-0.39, 0.29) is 23.3 Å². The Balaban J connectivity index is 1.38. The number of fused-ring (bicyclic) bond motifs is 1. The van der Waals surface area contributed by atoms with Crippen LogP contribution in [0, 0.1) is 0 Å². The minimum absolute atomic E-state index is 0.0134. The molecular weight excluding hydrogens is 435 g/mol. The van der Waals surface area contributed by atoms with Crippen molar-refractivity contribution in [2.24, 2.45) is 7.05 Å². The van der Waals surface area contributed by atoms with Gasteiger partial charge in [-0.3, -0.25) is 13.9 Å². The molecule has 0 spiro atoms. The van der Waals surface area contributed by atoms with Crippen molar-refractivity contribution in [1.29, 1.82) is 0 Å². The molecule has 1 amide bonds. The molecule has 32 heavy (non-hydrogen) atoms. The van der Waals surface area contributed by atoms with Gasteiger partial charge in [0.1, 0.15) is 17.2 Å². The van der Waals surface area contributed by atoms with E-state index in [9.17, 15) is 26.7 Å². The molecule has 3 aromatic heterocycles. The molecule has 0 aliphatic heterocycles. The van der Waals surface area contributed by atoms with Gasteiger partial charge in [-0.25, -0.2) is 13.8 Å². The van der Waals surface area contributed by atoms with Crippen molar-refractivity contribution in [3.8, 4) is 0 Å². The number of imidazole rings is 1. The van der Waals surface area contributed by atoms with E-state index in [1.54, 1.807) is 12.1 Å². The fourth-order valence-corrected chi connectivity index (χ4v) is 3.96. The number of pyridine rings is 1. The van der Waals surface area contributed by atoms with Gasteiger partial charge in [0.15, 0.2) is 5.69 Å². The third kappa shape index (κ3) is 4.53. The molecule has 2 N–H and O–H groups in total. The van der Waals surface area contributed by atoms with E-state index in [1.807, 2.05) is 0 Å². The molecule has 0 radical (unpaired) electrons. The average Bonchev–Trinajstić information content (AvgIpc) is 3.34. The smallest absolute Gasteiger partial charge is 0.368 e. The fraction of sp³-hybridized carbons (Fsp3) is 0.450. The Morgan fingerprint density at radius 3 is 2.47 bits per heavy atom. The van der Waals surface area contributed by atoms with Gasteiger partial charge in [0.25, 0.3) is 12.3 Å². The number of aryl methyl sites for hydroxylation is 1. The lowest BCUT2D eigenvalue weighted by atomic mass is 9.91. The van der Waals surface area contributed by atoms with Gasteiger partial charge in [-0.15, -0.1) is 0 Å². The average molecular weight is 456 g/mol. The van der Waals surface area contributed by atoms with Crippen LogP contribution in [-0.4, -0.2) is 37.2 Å². The highest BCUT2D eigenvalue weighted by molar-refractivity contribution is 5.95. The maximum absolute atomic E-state index is 13.1. The molecule has 3 aromatic rings. The van der Waals surface area contributed by atoms with Gasteiger partial charge >= 0.3 is 6.18 Å².